The molecule has 1 aromatic rings. The van der Waals surface area contributed by atoms with Gasteiger partial charge in [0.25, 0.3) is 5.91 Å². The van der Waals surface area contributed by atoms with Crippen LogP contribution >= 0.6 is 0 Å². The van der Waals surface area contributed by atoms with E-state index >= 15 is 0 Å². The van der Waals surface area contributed by atoms with Gasteiger partial charge in [-0.15, -0.1) is 5.10 Å². The highest BCUT2D eigenvalue weighted by Crippen LogP contribution is 2.19. The molecule has 3 heterocycles. The van der Waals surface area contributed by atoms with Crippen molar-refractivity contribution in [3.8, 4) is 0 Å². The van der Waals surface area contributed by atoms with E-state index in [1.165, 1.54) is 4.90 Å². The van der Waals surface area contributed by atoms with Crippen LogP contribution in [0.1, 0.15) is 32.5 Å². The number of carbonyl (C=O) groups is 2. The average molecular weight is 322 g/mol. The second-order valence-corrected chi connectivity index (χ2v) is 6.59. The monoisotopic (exact) mass is 322 g/mol. The number of ether oxygens (including phenoxy) is 1. The number of carbonyl (C=O) groups excluding carboxylic acids is 2. The maximum Gasteiger partial charge on any atom is 0.325 e. The van der Waals surface area contributed by atoms with E-state index in [1.54, 1.807) is 18.5 Å². The number of nitrogens with zero attached hydrogens (tertiary/aromatic N) is 5. The summed E-state index contributed by atoms with van der Waals surface area (Å²) >= 11 is 0. The fraction of sp³-hybridized carbons (Fsp3) is 0.786. The Morgan fingerprint density at radius 3 is 2.65 bits per heavy atom. The normalized spacial score (nSPS) is 21.7. The second-order valence-electron chi connectivity index (χ2n) is 6.59. The summed E-state index contributed by atoms with van der Waals surface area (Å²) in [5.74, 6) is 1.09. The van der Waals surface area contributed by atoms with Gasteiger partial charge in [0.15, 0.2) is 5.82 Å². The number of nitrogens with one attached hydrogen (secondary N) is 1. The van der Waals surface area contributed by atoms with Crippen LogP contribution in [0.5, 0.6) is 0 Å². The topological polar surface area (TPSA) is 102 Å². The first kappa shape index (κ1) is 15.9. The van der Waals surface area contributed by atoms with Gasteiger partial charge in [-0.1, -0.05) is 0 Å². The molecule has 0 spiro atoms. The maximum atomic E-state index is 12.2. The van der Waals surface area contributed by atoms with Gasteiger partial charge >= 0.3 is 6.03 Å². The number of amides is 3. The summed E-state index contributed by atoms with van der Waals surface area (Å²) < 4.78 is 7.04. The summed E-state index contributed by atoms with van der Waals surface area (Å²) in [5, 5.41) is 14.5. The number of urea groups is 1. The van der Waals surface area contributed by atoms with Crippen LogP contribution in [0.25, 0.3) is 0 Å². The molecule has 2 aliphatic heterocycles. The SMILES string of the molecule is CC1(C)NC(=O)N(CCn2nnnc2CC2CCOCC2)C1=O. The van der Waals surface area contributed by atoms with Crippen molar-refractivity contribution in [3.05, 3.63) is 5.82 Å². The van der Waals surface area contributed by atoms with E-state index in [4.69, 9.17) is 4.74 Å². The molecule has 0 aromatic carbocycles. The van der Waals surface area contributed by atoms with Gasteiger partial charge in [0.05, 0.1) is 13.1 Å². The van der Waals surface area contributed by atoms with Crippen molar-refractivity contribution >= 4 is 11.9 Å². The Morgan fingerprint density at radius 1 is 1.26 bits per heavy atom. The highest BCUT2D eigenvalue weighted by atomic mass is 16.5. The van der Waals surface area contributed by atoms with Crippen molar-refractivity contribution in [2.75, 3.05) is 19.8 Å². The summed E-state index contributed by atoms with van der Waals surface area (Å²) in [6, 6.07) is -0.362. The lowest BCUT2D eigenvalue weighted by atomic mass is 9.96. The van der Waals surface area contributed by atoms with Gasteiger partial charge in [-0.3, -0.25) is 9.69 Å². The molecule has 3 amide bonds. The van der Waals surface area contributed by atoms with Crippen molar-refractivity contribution in [3.63, 3.8) is 0 Å². The van der Waals surface area contributed by atoms with Gasteiger partial charge in [0.1, 0.15) is 5.54 Å². The minimum Gasteiger partial charge on any atom is -0.381 e. The molecular formula is C14H22N6O3. The minimum atomic E-state index is -0.845. The summed E-state index contributed by atoms with van der Waals surface area (Å²) in [6.45, 7) is 5.62. The fourth-order valence-corrected chi connectivity index (χ4v) is 2.97. The van der Waals surface area contributed by atoms with Crippen LogP contribution in [0.15, 0.2) is 0 Å². The lowest BCUT2D eigenvalue weighted by molar-refractivity contribution is -0.130. The van der Waals surface area contributed by atoms with Crippen molar-refractivity contribution in [2.45, 2.75) is 45.2 Å². The summed E-state index contributed by atoms with van der Waals surface area (Å²) in [7, 11) is 0. The van der Waals surface area contributed by atoms with Gasteiger partial charge in [0.2, 0.25) is 0 Å². The molecule has 0 radical (unpaired) electrons. The molecule has 0 aliphatic carbocycles. The Morgan fingerprint density at radius 2 is 2.00 bits per heavy atom. The Hall–Kier alpha value is -2.03. The van der Waals surface area contributed by atoms with E-state index in [9.17, 15) is 9.59 Å². The second kappa shape index (κ2) is 6.23. The molecule has 2 fully saturated rings. The van der Waals surface area contributed by atoms with Crippen molar-refractivity contribution in [2.24, 2.45) is 5.92 Å². The van der Waals surface area contributed by atoms with E-state index in [0.717, 1.165) is 38.3 Å². The molecule has 23 heavy (non-hydrogen) atoms. The third-order valence-corrected chi connectivity index (χ3v) is 4.40. The predicted octanol–water partition coefficient (Wildman–Crippen LogP) is -0.0274. The molecule has 126 valence electrons. The van der Waals surface area contributed by atoms with Gasteiger partial charge < -0.3 is 10.1 Å². The zero-order chi connectivity index (χ0) is 16.4. The smallest absolute Gasteiger partial charge is 0.325 e. The van der Waals surface area contributed by atoms with Gasteiger partial charge in [0, 0.05) is 19.6 Å². The molecule has 2 saturated heterocycles. The molecule has 2 aliphatic rings. The molecule has 9 heteroatoms. The summed E-state index contributed by atoms with van der Waals surface area (Å²) in [5.41, 5.74) is -0.845. The molecule has 0 unspecified atom stereocenters. The number of hydrogen-bond donors (Lipinski definition) is 1. The standard InChI is InChI=1S/C14H22N6O3/c1-14(2)12(21)19(13(22)15-14)5-6-20-11(16-17-18-20)9-10-3-7-23-8-4-10/h10H,3-9H2,1-2H3,(H,15,22). The fourth-order valence-electron chi connectivity index (χ4n) is 2.97. The molecule has 1 N–H and O–H groups in total. The Bertz CT molecular complexity index is 593. The van der Waals surface area contributed by atoms with E-state index in [1.807, 2.05) is 0 Å². The first-order chi connectivity index (χ1) is 11.0. The molecule has 0 bridgehead atoms. The van der Waals surface area contributed by atoms with E-state index in [2.05, 4.69) is 20.8 Å². The van der Waals surface area contributed by atoms with Gasteiger partial charge in [-0.2, -0.15) is 0 Å². The van der Waals surface area contributed by atoms with Crippen LogP contribution in [0.2, 0.25) is 0 Å². The van der Waals surface area contributed by atoms with Crippen LogP contribution in [0.3, 0.4) is 0 Å². The summed E-state index contributed by atoms with van der Waals surface area (Å²) in [4.78, 5) is 25.3. The number of imide groups is 1. The number of aromatic nitrogens is 4. The number of tetrazole rings is 1. The molecule has 0 atom stereocenters. The molecule has 9 nitrogen and oxygen atoms in total. The van der Waals surface area contributed by atoms with Gasteiger partial charge in [-0.05, 0) is 43.0 Å². The lowest BCUT2D eigenvalue weighted by Crippen LogP contribution is -2.40. The van der Waals surface area contributed by atoms with Crippen LogP contribution in [-0.2, 0) is 22.5 Å². The maximum absolute atomic E-state index is 12.2. The van der Waals surface area contributed by atoms with Gasteiger partial charge in [-0.25, -0.2) is 9.48 Å². The van der Waals surface area contributed by atoms with Crippen LogP contribution in [0, 0.1) is 5.92 Å². The number of rotatable bonds is 5. The Kier molecular flexibility index (Phi) is 4.29. The van der Waals surface area contributed by atoms with E-state index in [0.29, 0.717) is 12.5 Å². The molecule has 0 saturated carbocycles. The summed E-state index contributed by atoms with van der Waals surface area (Å²) in [6.07, 6.45) is 2.81. The first-order valence-electron chi connectivity index (χ1n) is 7.94. The van der Waals surface area contributed by atoms with Crippen molar-refractivity contribution in [1.29, 1.82) is 0 Å². The highest BCUT2D eigenvalue weighted by Gasteiger charge is 2.43. The number of hydrogen-bond acceptors (Lipinski definition) is 6. The third-order valence-electron chi connectivity index (χ3n) is 4.40. The molecule has 3 rings (SSSR count). The quantitative estimate of drug-likeness (QED) is 0.764. The average Bonchev–Trinajstić information content (AvgIpc) is 3.02. The van der Waals surface area contributed by atoms with E-state index in [-0.39, 0.29) is 18.5 Å². The largest absolute Gasteiger partial charge is 0.381 e. The predicted molar refractivity (Wildman–Crippen MR) is 79.4 cm³/mol. The molecule has 1 aromatic heterocycles. The lowest BCUT2D eigenvalue weighted by Gasteiger charge is -2.21. The zero-order valence-corrected chi connectivity index (χ0v) is 13.5. The molecular weight excluding hydrogens is 300 g/mol. The van der Waals surface area contributed by atoms with E-state index < -0.39 is 5.54 Å². The van der Waals surface area contributed by atoms with Crippen LogP contribution in [0.4, 0.5) is 4.79 Å². The van der Waals surface area contributed by atoms with Crippen molar-refractivity contribution < 1.29 is 14.3 Å². The van der Waals surface area contributed by atoms with Crippen molar-refractivity contribution in [1.82, 2.24) is 30.4 Å². The van der Waals surface area contributed by atoms with Crippen LogP contribution in [-0.4, -0.2) is 62.3 Å². The minimum absolute atomic E-state index is 0.221. The highest BCUT2D eigenvalue weighted by molar-refractivity contribution is 6.06. The van der Waals surface area contributed by atoms with Crippen LogP contribution < -0.4 is 5.32 Å². The Balaban J connectivity index is 1.60. The zero-order valence-electron chi connectivity index (χ0n) is 13.5. The first-order valence-corrected chi connectivity index (χ1v) is 7.94. The third kappa shape index (κ3) is 3.34. The Labute approximate surface area is 134 Å².